The van der Waals surface area contributed by atoms with Gasteiger partial charge in [0.05, 0.1) is 0 Å². The number of aromatic nitrogens is 1. The summed E-state index contributed by atoms with van der Waals surface area (Å²) in [5, 5.41) is 0. The second-order valence-electron chi connectivity index (χ2n) is 4.81. The minimum absolute atomic E-state index is 0.572. The van der Waals surface area contributed by atoms with Gasteiger partial charge in [-0.1, -0.05) is 32.8 Å². The van der Waals surface area contributed by atoms with Gasteiger partial charge in [-0.15, -0.1) is 0 Å². The van der Waals surface area contributed by atoms with Gasteiger partial charge in [-0.25, -0.2) is 4.98 Å². The molecule has 0 saturated carbocycles. The molecule has 0 aliphatic rings. The summed E-state index contributed by atoms with van der Waals surface area (Å²) in [5.41, 5.74) is 7.89. The van der Waals surface area contributed by atoms with Crippen LogP contribution in [0.15, 0.2) is 12.1 Å². The molecule has 0 atom stereocenters. The molecule has 0 amide bonds. The average Bonchev–Trinajstić information content (AvgIpc) is 2.39. The van der Waals surface area contributed by atoms with Gasteiger partial charge in [-0.3, -0.25) is 0 Å². The Balaban J connectivity index is 2.79. The third-order valence-electron chi connectivity index (χ3n) is 3.29. The predicted molar refractivity (Wildman–Crippen MR) is 78.9 cm³/mol. The lowest BCUT2D eigenvalue weighted by Crippen LogP contribution is -2.26. The van der Waals surface area contributed by atoms with E-state index in [2.05, 4.69) is 30.9 Å². The predicted octanol–water partition coefficient (Wildman–Crippen LogP) is 3.26. The van der Waals surface area contributed by atoms with Crippen LogP contribution < -0.4 is 10.6 Å². The van der Waals surface area contributed by atoms with E-state index < -0.39 is 0 Å². The number of nitrogens with zero attached hydrogens (tertiary/aromatic N) is 2. The summed E-state index contributed by atoms with van der Waals surface area (Å²) in [6, 6.07) is 4.23. The molecule has 0 aliphatic heterocycles. The van der Waals surface area contributed by atoms with Crippen molar-refractivity contribution in [2.45, 2.75) is 53.0 Å². The van der Waals surface area contributed by atoms with Gasteiger partial charge in [0.2, 0.25) is 0 Å². The number of unbranched alkanes of at least 4 members (excludes halogenated alkanes) is 2. The summed E-state index contributed by atoms with van der Waals surface area (Å²) in [6.45, 7) is 9.28. The second kappa shape index (κ2) is 8.09. The molecule has 1 heterocycles. The van der Waals surface area contributed by atoms with Crippen LogP contribution >= 0.6 is 0 Å². The number of rotatable bonds is 8. The van der Waals surface area contributed by atoms with Crippen molar-refractivity contribution in [1.29, 1.82) is 0 Å². The summed E-state index contributed by atoms with van der Waals surface area (Å²) in [6.07, 6.45) is 4.90. The van der Waals surface area contributed by atoms with Crippen LogP contribution in [0.25, 0.3) is 0 Å². The van der Waals surface area contributed by atoms with E-state index in [0.717, 1.165) is 30.2 Å². The average molecular weight is 249 g/mol. The van der Waals surface area contributed by atoms with E-state index in [0.29, 0.717) is 6.54 Å². The Labute approximate surface area is 111 Å². The van der Waals surface area contributed by atoms with Crippen molar-refractivity contribution < 1.29 is 0 Å². The van der Waals surface area contributed by atoms with Gasteiger partial charge in [-0.05, 0) is 31.4 Å². The van der Waals surface area contributed by atoms with Crippen molar-refractivity contribution in [3.05, 3.63) is 23.4 Å². The number of nitrogens with two attached hydrogens (primary N) is 1. The lowest BCUT2D eigenvalue weighted by Gasteiger charge is -2.24. The molecule has 0 saturated heterocycles. The molecule has 0 spiro atoms. The Morgan fingerprint density at radius 1 is 1.11 bits per heavy atom. The van der Waals surface area contributed by atoms with Crippen molar-refractivity contribution in [3.8, 4) is 0 Å². The van der Waals surface area contributed by atoms with E-state index in [1.54, 1.807) is 0 Å². The molecule has 0 aliphatic carbocycles. The maximum Gasteiger partial charge on any atom is 0.128 e. The number of pyridine rings is 1. The Hall–Kier alpha value is -1.09. The first-order valence-corrected chi connectivity index (χ1v) is 7.14. The lowest BCUT2D eigenvalue weighted by atomic mass is 10.2. The van der Waals surface area contributed by atoms with Crippen molar-refractivity contribution in [2.24, 2.45) is 5.73 Å². The maximum atomic E-state index is 5.68. The van der Waals surface area contributed by atoms with Gasteiger partial charge in [0.15, 0.2) is 0 Å². The Bertz CT molecular complexity index is 342. The van der Waals surface area contributed by atoms with Crippen LogP contribution in [0.4, 0.5) is 5.82 Å². The fourth-order valence-corrected chi connectivity index (χ4v) is 2.01. The van der Waals surface area contributed by atoms with Gasteiger partial charge in [0.1, 0.15) is 5.82 Å². The summed E-state index contributed by atoms with van der Waals surface area (Å²) >= 11 is 0. The van der Waals surface area contributed by atoms with Crippen LogP contribution in [-0.4, -0.2) is 18.1 Å². The fourth-order valence-electron chi connectivity index (χ4n) is 2.01. The molecule has 0 bridgehead atoms. The third kappa shape index (κ3) is 4.30. The summed E-state index contributed by atoms with van der Waals surface area (Å²) in [5.74, 6) is 1.10. The number of hydrogen-bond donors (Lipinski definition) is 1. The highest BCUT2D eigenvalue weighted by Crippen LogP contribution is 2.16. The van der Waals surface area contributed by atoms with Crippen LogP contribution in [0.2, 0.25) is 0 Å². The van der Waals surface area contributed by atoms with E-state index in [1.807, 2.05) is 6.92 Å². The Morgan fingerprint density at radius 2 is 1.72 bits per heavy atom. The largest absolute Gasteiger partial charge is 0.357 e. The number of hydrogen-bond acceptors (Lipinski definition) is 3. The molecule has 3 heteroatoms. The van der Waals surface area contributed by atoms with Crippen LogP contribution in [0.5, 0.6) is 0 Å². The quantitative estimate of drug-likeness (QED) is 0.769. The molecular weight excluding hydrogens is 222 g/mol. The molecule has 2 N–H and O–H groups in total. The lowest BCUT2D eigenvalue weighted by molar-refractivity contribution is 0.670. The molecule has 1 rings (SSSR count). The monoisotopic (exact) mass is 249 g/mol. The summed E-state index contributed by atoms with van der Waals surface area (Å²) in [7, 11) is 0. The molecule has 0 unspecified atom stereocenters. The highest BCUT2D eigenvalue weighted by Gasteiger charge is 2.08. The Morgan fingerprint density at radius 3 is 2.17 bits per heavy atom. The van der Waals surface area contributed by atoms with Gasteiger partial charge in [0.25, 0.3) is 0 Å². The first-order chi connectivity index (χ1) is 8.72. The first-order valence-electron chi connectivity index (χ1n) is 7.14. The van der Waals surface area contributed by atoms with Crippen molar-refractivity contribution >= 4 is 5.82 Å². The molecule has 102 valence electrons. The zero-order valence-electron chi connectivity index (χ0n) is 12.1. The van der Waals surface area contributed by atoms with Crippen LogP contribution in [0.3, 0.4) is 0 Å². The van der Waals surface area contributed by atoms with Gasteiger partial charge in [-0.2, -0.15) is 0 Å². The minimum atomic E-state index is 0.572. The smallest absolute Gasteiger partial charge is 0.128 e. The maximum absolute atomic E-state index is 5.68. The fraction of sp³-hybridized carbons (Fsp3) is 0.667. The zero-order chi connectivity index (χ0) is 13.4. The third-order valence-corrected chi connectivity index (χ3v) is 3.29. The summed E-state index contributed by atoms with van der Waals surface area (Å²) in [4.78, 5) is 7.10. The first kappa shape index (κ1) is 15.0. The second-order valence-corrected chi connectivity index (χ2v) is 4.81. The van der Waals surface area contributed by atoms with Crippen molar-refractivity contribution in [1.82, 2.24) is 4.98 Å². The van der Waals surface area contributed by atoms with Gasteiger partial charge in [0, 0.05) is 25.3 Å². The van der Waals surface area contributed by atoms with E-state index in [-0.39, 0.29) is 0 Å². The van der Waals surface area contributed by atoms with Gasteiger partial charge < -0.3 is 10.6 Å². The van der Waals surface area contributed by atoms with Crippen molar-refractivity contribution in [2.75, 3.05) is 18.0 Å². The molecule has 0 fully saturated rings. The zero-order valence-corrected chi connectivity index (χ0v) is 12.1. The number of aryl methyl sites for hydroxylation is 1. The van der Waals surface area contributed by atoms with Gasteiger partial charge >= 0.3 is 0 Å². The molecule has 1 aromatic rings. The van der Waals surface area contributed by atoms with Crippen LogP contribution in [0, 0.1) is 6.92 Å². The molecular formula is C15H27N3. The van der Waals surface area contributed by atoms with E-state index in [4.69, 9.17) is 10.7 Å². The Kier molecular flexibility index (Phi) is 6.73. The van der Waals surface area contributed by atoms with Crippen LogP contribution in [-0.2, 0) is 6.54 Å². The molecule has 18 heavy (non-hydrogen) atoms. The van der Waals surface area contributed by atoms with Crippen molar-refractivity contribution in [3.63, 3.8) is 0 Å². The normalized spacial score (nSPS) is 10.7. The molecule has 0 aromatic carbocycles. The van der Waals surface area contributed by atoms with E-state index >= 15 is 0 Å². The van der Waals surface area contributed by atoms with Crippen LogP contribution in [0.1, 0.15) is 50.8 Å². The molecule has 3 nitrogen and oxygen atoms in total. The SMILES string of the molecule is CCCCN(CCCC)c1ccc(CN)c(C)n1. The van der Waals surface area contributed by atoms with E-state index in [1.165, 1.54) is 25.7 Å². The molecule has 1 aromatic heterocycles. The summed E-state index contributed by atoms with van der Waals surface area (Å²) < 4.78 is 0. The number of anilines is 1. The minimum Gasteiger partial charge on any atom is -0.357 e. The van der Waals surface area contributed by atoms with E-state index in [9.17, 15) is 0 Å². The highest BCUT2D eigenvalue weighted by molar-refractivity contribution is 5.41. The highest BCUT2D eigenvalue weighted by atomic mass is 15.2. The molecule has 0 radical (unpaired) electrons. The topological polar surface area (TPSA) is 42.1 Å². The standard InChI is InChI=1S/C15H27N3/c1-4-6-10-18(11-7-5-2)15-9-8-14(12-16)13(3)17-15/h8-9H,4-7,10-12,16H2,1-3H3.